The molecular formula is C17H17N3O2. The zero-order chi connectivity index (χ0) is 15.4. The Morgan fingerprint density at radius 2 is 1.32 bits per heavy atom. The summed E-state index contributed by atoms with van der Waals surface area (Å²) in [5.74, 6) is 1.66. The van der Waals surface area contributed by atoms with Gasteiger partial charge in [-0.05, 0) is 35.4 Å². The summed E-state index contributed by atoms with van der Waals surface area (Å²) in [6, 6.07) is 15.9. The minimum Gasteiger partial charge on any atom is -0.497 e. The van der Waals surface area contributed by atoms with Gasteiger partial charge < -0.3 is 9.47 Å². The van der Waals surface area contributed by atoms with Crippen LogP contribution < -0.4 is 9.47 Å². The van der Waals surface area contributed by atoms with Gasteiger partial charge in [-0.3, -0.25) is 0 Å². The molecule has 1 heterocycles. The summed E-state index contributed by atoms with van der Waals surface area (Å²) < 4.78 is 12.3. The zero-order valence-electron chi connectivity index (χ0n) is 12.5. The van der Waals surface area contributed by atoms with Crippen molar-refractivity contribution in [1.29, 1.82) is 0 Å². The molecule has 22 heavy (non-hydrogen) atoms. The molecule has 0 bridgehead atoms. The number of hydrogen-bond donors (Lipinski definition) is 0. The fourth-order valence-corrected chi connectivity index (χ4v) is 2.42. The van der Waals surface area contributed by atoms with E-state index in [1.165, 1.54) is 0 Å². The molecule has 0 spiro atoms. The Bertz CT molecular complexity index is 659. The molecule has 112 valence electrons. The molecule has 1 aromatic heterocycles. The van der Waals surface area contributed by atoms with E-state index in [1.807, 2.05) is 53.2 Å². The van der Waals surface area contributed by atoms with E-state index in [4.69, 9.17) is 9.47 Å². The van der Waals surface area contributed by atoms with Gasteiger partial charge in [0.2, 0.25) is 0 Å². The van der Waals surface area contributed by atoms with Gasteiger partial charge in [0.15, 0.2) is 0 Å². The Labute approximate surface area is 129 Å². The lowest BCUT2D eigenvalue weighted by Crippen LogP contribution is -2.12. The lowest BCUT2D eigenvalue weighted by Gasteiger charge is -2.18. The summed E-state index contributed by atoms with van der Waals surface area (Å²) in [5, 5.41) is 4.30. The van der Waals surface area contributed by atoms with Crippen molar-refractivity contribution in [2.24, 2.45) is 0 Å². The largest absolute Gasteiger partial charge is 0.497 e. The van der Waals surface area contributed by atoms with Crippen molar-refractivity contribution >= 4 is 0 Å². The highest BCUT2D eigenvalue weighted by Crippen LogP contribution is 2.28. The molecule has 5 nitrogen and oxygen atoms in total. The zero-order valence-corrected chi connectivity index (χ0v) is 12.5. The quantitative estimate of drug-likeness (QED) is 0.726. The summed E-state index contributed by atoms with van der Waals surface area (Å²) in [4.78, 5) is 4.06. The third-order valence-corrected chi connectivity index (χ3v) is 3.56. The molecule has 0 fully saturated rings. The van der Waals surface area contributed by atoms with Crippen LogP contribution in [0.5, 0.6) is 11.5 Å². The van der Waals surface area contributed by atoms with Crippen LogP contribution in [0.15, 0.2) is 61.2 Å². The third-order valence-electron chi connectivity index (χ3n) is 3.56. The average Bonchev–Trinajstić information content (AvgIpc) is 3.10. The smallest absolute Gasteiger partial charge is 0.137 e. The third kappa shape index (κ3) is 2.79. The van der Waals surface area contributed by atoms with E-state index in [0.29, 0.717) is 0 Å². The first-order chi connectivity index (χ1) is 10.8. The fraction of sp³-hybridized carbons (Fsp3) is 0.176. The topological polar surface area (TPSA) is 49.2 Å². The Hall–Kier alpha value is -2.82. The van der Waals surface area contributed by atoms with Crippen LogP contribution in [0.4, 0.5) is 0 Å². The Kier molecular flexibility index (Phi) is 4.05. The van der Waals surface area contributed by atoms with Crippen LogP contribution in [0.1, 0.15) is 17.2 Å². The van der Waals surface area contributed by atoms with E-state index < -0.39 is 0 Å². The fourth-order valence-electron chi connectivity index (χ4n) is 2.42. The minimum absolute atomic E-state index is 0.0423. The van der Waals surface area contributed by atoms with Gasteiger partial charge in [0.1, 0.15) is 30.2 Å². The molecule has 5 heteroatoms. The number of methoxy groups -OCH3 is 2. The summed E-state index contributed by atoms with van der Waals surface area (Å²) in [6.07, 6.45) is 3.26. The Morgan fingerprint density at radius 1 is 0.818 bits per heavy atom. The summed E-state index contributed by atoms with van der Waals surface area (Å²) in [5.41, 5.74) is 2.22. The van der Waals surface area contributed by atoms with Crippen LogP contribution in [0.25, 0.3) is 0 Å². The van der Waals surface area contributed by atoms with Gasteiger partial charge in [-0.1, -0.05) is 24.3 Å². The molecule has 0 N–H and O–H groups in total. The number of hydrogen-bond acceptors (Lipinski definition) is 4. The first-order valence-corrected chi connectivity index (χ1v) is 6.94. The van der Waals surface area contributed by atoms with Crippen LogP contribution in [0, 0.1) is 0 Å². The lowest BCUT2D eigenvalue weighted by atomic mass is 9.98. The van der Waals surface area contributed by atoms with Gasteiger partial charge in [0.25, 0.3) is 0 Å². The second-order valence-corrected chi connectivity index (χ2v) is 4.82. The molecule has 3 rings (SSSR count). The SMILES string of the molecule is COc1ccc(C(c2ccc(OC)cc2)n2cncn2)cc1. The molecule has 0 aliphatic rings. The maximum absolute atomic E-state index is 5.22. The van der Waals surface area contributed by atoms with E-state index >= 15 is 0 Å². The van der Waals surface area contributed by atoms with Crippen LogP contribution in [-0.2, 0) is 0 Å². The molecule has 0 atom stereocenters. The van der Waals surface area contributed by atoms with E-state index in [9.17, 15) is 0 Å². The van der Waals surface area contributed by atoms with Gasteiger partial charge in [0, 0.05) is 0 Å². The molecular weight excluding hydrogens is 278 g/mol. The van der Waals surface area contributed by atoms with Crippen molar-refractivity contribution in [3.8, 4) is 11.5 Å². The summed E-state index contributed by atoms with van der Waals surface area (Å²) in [7, 11) is 3.32. The van der Waals surface area contributed by atoms with E-state index in [2.05, 4.69) is 10.1 Å². The van der Waals surface area contributed by atoms with Crippen molar-refractivity contribution in [1.82, 2.24) is 14.8 Å². The number of rotatable bonds is 5. The number of nitrogens with zero attached hydrogens (tertiary/aromatic N) is 3. The van der Waals surface area contributed by atoms with Gasteiger partial charge in [-0.2, -0.15) is 5.10 Å². The first-order valence-electron chi connectivity index (χ1n) is 6.94. The van der Waals surface area contributed by atoms with Gasteiger partial charge >= 0.3 is 0 Å². The minimum atomic E-state index is -0.0423. The van der Waals surface area contributed by atoms with Gasteiger partial charge in [-0.25, -0.2) is 9.67 Å². The monoisotopic (exact) mass is 295 g/mol. The van der Waals surface area contributed by atoms with Crippen molar-refractivity contribution in [3.05, 3.63) is 72.3 Å². The van der Waals surface area contributed by atoms with Crippen molar-refractivity contribution < 1.29 is 9.47 Å². The number of aromatic nitrogens is 3. The maximum Gasteiger partial charge on any atom is 0.137 e. The second kappa shape index (κ2) is 6.30. The van der Waals surface area contributed by atoms with Gasteiger partial charge in [0.05, 0.1) is 14.2 Å². The first kappa shape index (κ1) is 14.1. The predicted octanol–water partition coefficient (Wildman–Crippen LogP) is 2.93. The maximum atomic E-state index is 5.22. The molecule has 0 amide bonds. The molecule has 0 saturated heterocycles. The lowest BCUT2D eigenvalue weighted by molar-refractivity contribution is 0.414. The molecule has 0 saturated carbocycles. The van der Waals surface area contributed by atoms with Gasteiger partial charge in [-0.15, -0.1) is 0 Å². The normalized spacial score (nSPS) is 10.7. The Balaban J connectivity index is 2.02. The molecule has 0 radical (unpaired) electrons. The summed E-state index contributed by atoms with van der Waals surface area (Å²) >= 11 is 0. The number of ether oxygens (including phenoxy) is 2. The van der Waals surface area contributed by atoms with Crippen molar-refractivity contribution in [3.63, 3.8) is 0 Å². The van der Waals surface area contributed by atoms with E-state index in [0.717, 1.165) is 22.6 Å². The highest BCUT2D eigenvalue weighted by Gasteiger charge is 2.17. The van der Waals surface area contributed by atoms with Crippen LogP contribution in [-0.4, -0.2) is 29.0 Å². The molecule has 2 aromatic carbocycles. The van der Waals surface area contributed by atoms with E-state index in [1.54, 1.807) is 26.9 Å². The van der Waals surface area contributed by atoms with Crippen molar-refractivity contribution in [2.45, 2.75) is 6.04 Å². The molecule has 0 aliphatic heterocycles. The van der Waals surface area contributed by atoms with Crippen LogP contribution >= 0.6 is 0 Å². The molecule has 3 aromatic rings. The summed E-state index contributed by atoms with van der Waals surface area (Å²) in [6.45, 7) is 0. The molecule has 0 unspecified atom stereocenters. The standard InChI is InChI=1S/C17H17N3O2/c1-21-15-7-3-13(4-8-15)17(20-12-18-11-19-20)14-5-9-16(22-2)10-6-14/h3-12,17H,1-2H3. The van der Waals surface area contributed by atoms with E-state index in [-0.39, 0.29) is 6.04 Å². The highest BCUT2D eigenvalue weighted by atomic mass is 16.5. The highest BCUT2D eigenvalue weighted by molar-refractivity contribution is 5.38. The van der Waals surface area contributed by atoms with Crippen LogP contribution in [0.2, 0.25) is 0 Å². The average molecular weight is 295 g/mol. The molecule has 0 aliphatic carbocycles. The second-order valence-electron chi connectivity index (χ2n) is 4.82. The van der Waals surface area contributed by atoms with Crippen LogP contribution in [0.3, 0.4) is 0 Å². The predicted molar refractivity (Wildman–Crippen MR) is 83.3 cm³/mol. The number of benzene rings is 2. The Morgan fingerprint density at radius 3 is 1.68 bits per heavy atom. The van der Waals surface area contributed by atoms with Crippen molar-refractivity contribution in [2.75, 3.05) is 14.2 Å².